The van der Waals surface area contributed by atoms with E-state index in [0.29, 0.717) is 0 Å². The minimum absolute atomic E-state index is 0. The fourth-order valence-electron chi connectivity index (χ4n) is 0. The molecule has 0 N–H and O–H groups in total. The van der Waals surface area contributed by atoms with Crippen molar-refractivity contribution in [3.05, 3.63) is 0 Å². The first kappa shape index (κ1) is 30.5. The summed E-state index contributed by atoms with van der Waals surface area (Å²) in [5.74, 6) is 0. The minimum atomic E-state index is 0. The fraction of sp³-hybridized carbons (Fsp3) is 0. The fourth-order valence-corrected chi connectivity index (χ4v) is 0. The Morgan fingerprint density at radius 3 is 1.25 bits per heavy atom. The van der Waals surface area contributed by atoms with E-state index in [0.717, 1.165) is 0 Å². The number of hydrogen-bond donors (Lipinski definition) is 0. The molecule has 0 aliphatic heterocycles. The molecular formula is H9AlMgMnSn. The molecule has 25 valence electrons. The molecule has 0 rings (SSSR count). The molecule has 0 spiro atoms. The van der Waals surface area contributed by atoms with Crippen molar-refractivity contribution in [3.63, 3.8) is 0 Å². The van der Waals surface area contributed by atoms with Gasteiger partial charge in [-0.25, -0.2) is 0 Å². The molecule has 0 nitrogen and oxygen atoms in total. The van der Waals surface area contributed by atoms with E-state index < -0.39 is 0 Å². The molecule has 0 aromatic heterocycles. The second kappa shape index (κ2) is 17.5. The van der Waals surface area contributed by atoms with Gasteiger partial charge in [0.25, 0.3) is 0 Å². The molecule has 0 unspecified atom stereocenters. The van der Waals surface area contributed by atoms with Gasteiger partial charge < -0.3 is 2.85 Å². The maximum atomic E-state index is 0. The molecule has 0 heterocycles. The van der Waals surface area contributed by atoms with Gasteiger partial charge in [-0.1, -0.05) is 0 Å². The van der Waals surface area contributed by atoms with Crippen LogP contribution in [0.25, 0.3) is 0 Å². The zero-order chi connectivity index (χ0) is 0. The number of hydrogen-bond acceptors (Lipinski definition) is 0. The van der Waals surface area contributed by atoms with Gasteiger partial charge in [0.05, 0.1) is 0 Å². The molecule has 0 fully saturated rings. The van der Waals surface area contributed by atoms with Crippen molar-refractivity contribution in [2.75, 3.05) is 0 Å². The second-order valence-electron chi connectivity index (χ2n) is 0. The zero-order valence-electron chi connectivity index (χ0n) is 3.09. The van der Waals surface area contributed by atoms with Gasteiger partial charge >= 0.3 is 47.0 Å². The van der Waals surface area contributed by atoms with Crippen LogP contribution in [0.1, 0.15) is 2.85 Å². The summed E-state index contributed by atoms with van der Waals surface area (Å²) in [6.45, 7) is 0. The van der Waals surface area contributed by atoms with Gasteiger partial charge in [-0.15, -0.1) is 0 Å². The number of rotatable bonds is 0. The molecule has 0 atom stereocenters. The van der Waals surface area contributed by atoms with Crippen LogP contribution < -0.4 is 0 Å². The van der Waals surface area contributed by atoms with Crippen LogP contribution in [0.5, 0.6) is 0 Å². The molecular weight excluding hydrogens is 225 g/mol. The van der Waals surface area contributed by atoms with Crippen molar-refractivity contribution in [3.8, 4) is 0 Å². The van der Waals surface area contributed by atoms with Crippen LogP contribution in [0.15, 0.2) is 0 Å². The molecule has 0 saturated heterocycles. The Morgan fingerprint density at radius 1 is 1.25 bits per heavy atom. The Balaban J connectivity index is 0. The van der Waals surface area contributed by atoms with E-state index in [1.807, 2.05) is 0 Å². The average molecular weight is 234 g/mol. The summed E-state index contributed by atoms with van der Waals surface area (Å²) in [6.07, 6.45) is 0. The van der Waals surface area contributed by atoms with Crippen LogP contribution in [-0.4, -0.2) is 64.3 Å². The normalized spacial score (nSPS) is 0. The van der Waals surface area contributed by atoms with Crippen LogP contribution >= 0.6 is 0 Å². The SMILES string of the molecule is [AlH3].[H-].[H-].[Mg+2].[Mn].[SnH4]. The van der Waals surface area contributed by atoms with Gasteiger partial charge in [0.15, 0.2) is 17.4 Å². The van der Waals surface area contributed by atoms with E-state index in [1.165, 1.54) is 0 Å². The van der Waals surface area contributed by atoms with E-state index in [2.05, 4.69) is 0 Å². The van der Waals surface area contributed by atoms with Gasteiger partial charge in [0.2, 0.25) is 0 Å². The Kier molecular flexibility index (Phi) is 133. The van der Waals surface area contributed by atoms with E-state index in [9.17, 15) is 0 Å². The Labute approximate surface area is 83.2 Å². The second-order valence-corrected chi connectivity index (χ2v) is 0. The Bertz CT molecular complexity index is 13.5. The maximum absolute atomic E-state index is 0. The third-order valence-electron chi connectivity index (χ3n) is 0. The summed E-state index contributed by atoms with van der Waals surface area (Å²) in [5.41, 5.74) is 0. The first-order chi connectivity index (χ1) is 0. The third kappa shape index (κ3) is 8.82. The average Bonchev–Trinajstić information content (AvgIpc) is 0. The first-order valence-corrected chi connectivity index (χ1v) is 0. The molecule has 0 aromatic carbocycles. The summed E-state index contributed by atoms with van der Waals surface area (Å²) in [7, 11) is 0. The van der Waals surface area contributed by atoms with E-state index in [4.69, 9.17) is 0 Å². The molecule has 4 heteroatoms. The molecule has 0 bridgehead atoms. The van der Waals surface area contributed by atoms with Crippen molar-refractivity contribution >= 4 is 64.3 Å². The van der Waals surface area contributed by atoms with Crippen LogP contribution in [0.4, 0.5) is 0 Å². The summed E-state index contributed by atoms with van der Waals surface area (Å²) >= 11 is 0. The van der Waals surface area contributed by atoms with Crippen molar-refractivity contribution in [2.45, 2.75) is 0 Å². The summed E-state index contributed by atoms with van der Waals surface area (Å²) < 4.78 is 0. The predicted octanol–water partition coefficient (Wildman–Crippen LogP) is -2.79. The van der Waals surface area contributed by atoms with Crippen LogP contribution in [0.2, 0.25) is 0 Å². The van der Waals surface area contributed by atoms with Crippen LogP contribution in [0, 0.1) is 0 Å². The quantitative estimate of drug-likeness (QED) is 0.397. The molecule has 0 amide bonds. The zero-order valence-corrected chi connectivity index (χ0v) is 3.68. The van der Waals surface area contributed by atoms with Gasteiger partial charge in [-0.2, -0.15) is 0 Å². The molecule has 1 radical (unpaired) electrons. The van der Waals surface area contributed by atoms with Crippen molar-refractivity contribution < 1.29 is 19.9 Å². The third-order valence-corrected chi connectivity index (χ3v) is 0. The summed E-state index contributed by atoms with van der Waals surface area (Å²) in [5, 5.41) is 0. The van der Waals surface area contributed by atoms with Gasteiger partial charge in [-0.3, -0.25) is 0 Å². The van der Waals surface area contributed by atoms with Crippen LogP contribution in [0.3, 0.4) is 0 Å². The van der Waals surface area contributed by atoms with Crippen LogP contribution in [-0.2, 0) is 17.1 Å². The topological polar surface area (TPSA) is 0 Å². The standard InChI is InChI=1S/Al.Mg.Mn.Sn.9H/q;+2;;;;;;;;;;2*-1. The predicted molar refractivity (Wildman–Crippen MR) is 29.3 cm³/mol. The molecule has 0 aliphatic rings. The monoisotopic (exact) mass is 235 g/mol. The first-order valence-electron chi connectivity index (χ1n) is 0. The Morgan fingerprint density at radius 2 is 1.25 bits per heavy atom. The van der Waals surface area contributed by atoms with Crippen molar-refractivity contribution in [1.29, 1.82) is 0 Å². The summed E-state index contributed by atoms with van der Waals surface area (Å²) in [6, 6.07) is 0. The van der Waals surface area contributed by atoms with Crippen molar-refractivity contribution in [1.82, 2.24) is 0 Å². The van der Waals surface area contributed by atoms with Gasteiger partial charge in [-0.05, 0) is 0 Å². The van der Waals surface area contributed by atoms with Crippen molar-refractivity contribution in [2.24, 2.45) is 0 Å². The Hall–Kier alpha value is 2.62. The van der Waals surface area contributed by atoms with Gasteiger partial charge in [0, 0.05) is 17.1 Å². The van der Waals surface area contributed by atoms with Gasteiger partial charge in [0.1, 0.15) is 0 Å². The van der Waals surface area contributed by atoms with E-state index in [-0.39, 0.29) is 84.2 Å². The summed E-state index contributed by atoms with van der Waals surface area (Å²) in [4.78, 5) is 0. The van der Waals surface area contributed by atoms with E-state index >= 15 is 0 Å². The molecule has 0 aliphatic carbocycles. The molecule has 0 aromatic rings. The molecule has 0 saturated carbocycles. The molecule has 4 heavy (non-hydrogen) atoms. The van der Waals surface area contributed by atoms with E-state index in [1.54, 1.807) is 0 Å².